The Morgan fingerprint density at radius 1 is 1.22 bits per heavy atom. The normalized spacial score (nSPS) is 27.7. The van der Waals surface area contributed by atoms with Crippen molar-refractivity contribution in [2.45, 2.75) is 86.0 Å². The van der Waals surface area contributed by atoms with Gasteiger partial charge in [0.15, 0.2) is 0 Å². The fourth-order valence-corrected chi connectivity index (χ4v) is 4.80. The summed E-state index contributed by atoms with van der Waals surface area (Å²) in [6.45, 7) is 11.5. The van der Waals surface area contributed by atoms with Gasteiger partial charge in [0.05, 0.1) is 5.41 Å². The standard InChI is InChI=1S/C22H38N2O3/c1-6-8-10-16(7-2)15-23-18(25)11-9-14-24-19(26)17-12-13-22(5,20(24)27)21(17,3)4/h16-17H,6-15H2,1-5H3,(H,23,25). The average Bonchev–Trinajstić information content (AvgIpc) is 2.82. The van der Waals surface area contributed by atoms with E-state index in [1.165, 1.54) is 17.7 Å². The molecule has 27 heavy (non-hydrogen) atoms. The molecular weight excluding hydrogens is 340 g/mol. The van der Waals surface area contributed by atoms with E-state index in [4.69, 9.17) is 0 Å². The molecule has 3 atom stereocenters. The lowest BCUT2D eigenvalue weighted by molar-refractivity contribution is -0.168. The van der Waals surface area contributed by atoms with E-state index in [9.17, 15) is 14.4 Å². The largest absolute Gasteiger partial charge is 0.356 e. The van der Waals surface area contributed by atoms with Gasteiger partial charge in [-0.25, -0.2) is 0 Å². The number of rotatable bonds is 10. The van der Waals surface area contributed by atoms with E-state index in [1.54, 1.807) is 0 Å². The summed E-state index contributed by atoms with van der Waals surface area (Å²) in [6.07, 6.45) is 7.09. The van der Waals surface area contributed by atoms with Crippen LogP contribution in [0.1, 0.15) is 86.0 Å². The Kier molecular flexibility index (Phi) is 7.09. The molecule has 5 nitrogen and oxygen atoms in total. The van der Waals surface area contributed by atoms with Gasteiger partial charge in [-0.15, -0.1) is 0 Å². The van der Waals surface area contributed by atoms with Crippen molar-refractivity contribution in [3.05, 3.63) is 0 Å². The van der Waals surface area contributed by atoms with E-state index >= 15 is 0 Å². The Balaban J connectivity index is 1.81. The maximum absolute atomic E-state index is 13.0. The van der Waals surface area contributed by atoms with Crippen LogP contribution in [0.15, 0.2) is 0 Å². The fourth-order valence-electron chi connectivity index (χ4n) is 4.80. The van der Waals surface area contributed by atoms with E-state index < -0.39 is 5.41 Å². The molecule has 2 fully saturated rings. The van der Waals surface area contributed by atoms with Gasteiger partial charge in [-0.05, 0) is 37.0 Å². The molecule has 154 valence electrons. The molecule has 1 N–H and O–H groups in total. The second-order valence-electron chi connectivity index (χ2n) is 9.26. The fraction of sp³-hybridized carbons (Fsp3) is 0.864. The minimum atomic E-state index is -0.457. The van der Waals surface area contributed by atoms with Crippen LogP contribution in [0.5, 0.6) is 0 Å². The first kappa shape index (κ1) is 21.9. The highest BCUT2D eigenvalue weighted by Crippen LogP contribution is 2.60. The van der Waals surface area contributed by atoms with E-state index in [2.05, 4.69) is 19.2 Å². The van der Waals surface area contributed by atoms with E-state index in [0.29, 0.717) is 25.3 Å². The van der Waals surface area contributed by atoms with E-state index in [1.807, 2.05) is 20.8 Å². The number of nitrogens with one attached hydrogen (secondary N) is 1. The highest BCUT2D eigenvalue weighted by Gasteiger charge is 2.64. The van der Waals surface area contributed by atoms with Crippen molar-refractivity contribution < 1.29 is 14.4 Å². The Morgan fingerprint density at radius 2 is 1.93 bits per heavy atom. The number of fused-ring (bicyclic) bond motifs is 2. The van der Waals surface area contributed by atoms with Crippen molar-refractivity contribution in [3.8, 4) is 0 Å². The lowest BCUT2D eigenvalue weighted by Gasteiger charge is -2.47. The first-order chi connectivity index (χ1) is 12.7. The number of unbranched alkanes of at least 4 members (excludes halogenated alkanes) is 1. The maximum atomic E-state index is 13.0. The smallest absolute Gasteiger partial charge is 0.235 e. The molecule has 1 aliphatic heterocycles. The second kappa shape index (κ2) is 8.74. The minimum absolute atomic E-state index is 0.0244. The number of nitrogens with zero attached hydrogens (tertiary/aromatic N) is 1. The molecule has 3 unspecified atom stereocenters. The van der Waals surface area contributed by atoms with Crippen LogP contribution in [0.25, 0.3) is 0 Å². The van der Waals surface area contributed by atoms with Gasteiger partial charge in [0.1, 0.15) is 0 Å². The molecule has 1 saturated carbocycles. The summed E-state index contributed by atoms with van der Waals surface area (Å²) in [4.78, 5) is 39.3. The van der Waals surface area contributed by atoms with Crippen molar-refractivity contribution in [1.82, 2.24) is 10.2 Å². The molecule has 2 bridgehead atoms. The zero-order valence-corrected chi connectivity index (χ0v) is 17.9. The highest BCUT2D eigenvalue weighted by atomic mass is 16.2. The highest BCUT2D eigenvalue weighted by molar-refractivity contribution is 6.03. The monoisotopic (exact) mass is 378 g/mol. The third-order valence-electron chi connectivity index (χ3n) is 7.42. The third kappa shape index (κ3) is 4.22. The van der Waals surface area contributed by atoms with Crippen molar-refractivity contribution in [2.75, 3.05) is 13.1 Å². The Hall–Kier alpha value is -1.39. The van der Waals surface area contributed by atoms with Crippen LogP contribution in [0.3, 0.4) is 0 Å². The molecule has 1 saturated heterocycles. The third-order valence-corrected chi connectivity index (χ3v) is 7.42. The number of hydrogen-bond acceptors (Lipinski definition) is 3. The maximum Gasteiger partial charge on any atom is 0.235 e. The minimum Gasteiger partial charge on any atom is -0.356 e. The molecule has 0 radical (unpaired) electrons. The van der Waals surface area contributed by atoms with Gasteiger partial charge >= 0.3 is 0 Å². The molecule has 1 heterocycles. The first-order valence-electron chi connectivity index (χ1n) is 10.8. The van der Waals surface area contributed by atoms with Crippen LogP contribution in [-0.2, 0) is 14.4 Å². The van der Waals surface area contributed by atoms with Gasteiger partial charge < -0.3 is 5.32 Å². The van der Waals surface area contributed by atoms with Gasteiger partial charge in [0.2, 0.25) is 17.7 Å². The van der Waals surface area contributed by atoms with Gasteiger partial charge in [-0.1, -0.05) is 53.9 Å². The van der Waals surface area contributed by atoms with Gasteiger partial charge in [-0.2, -0.15) is 0 Å². The van der Waals surface area contributed by atoms with Crippen LogP contribution in [0.4, 0.5) is 0 Å². The molecule has 0 spiro atoms. The number of amides is 3. The summed E-state index contributed by atoms with van der Waals surface area (Å²) in [5.74, 6) is 0.412. The van der Waals surface area contributed by atoms with E-state index in [-0.39, 0.29) is 29.1 Å². The summed E-state index contributed by atoms with van der Waals surface area (Å²) in [7, 11) is 0. The number of imide groups is 1. The zero-order chi connectivity index (χ0) is 20.2. The zero-order valence-electron chi connectivity index (χ0n) is 17.9. The summed E-state index contributed by atoms with van der Waals surface area (Å²) >= 11 is 0. The van der Waals surface area contributed by atoms with Crippen molar-refractivity contribution >= 4 is 17.7 Å². The van der Waals surface area contributed by atoms with Crippen LogP contribution < -0.4 is 5.32 Å². The number of carbonyl (C=O) groups excluding carboxylic acids is 3. The molecule has 0 aromatic rings. The summed E-state index contributed by atoms with van der Waals surface area (Å²) in [5, 5.41) is 3.03. The Bertz CT molecular complexity index is 572. The Labute approximate surface area is 164 Å². The lowest BCUT2D eigenvalue weighted by Crippen LogP contribution is -2.59. The van der Waals surface area contributed by atoms with Crippen LogP contribution in [-0.4, -0.2) is 35.7 Å². The average molecular weight is 379 g/mol. The number of piperidine rings is 1. The van der Waals surface area contributed by atoms with Crippen molar-refractivity contribution in [1.29, 1.82) is 0 Å². The summed E-state index contributed by atoms with van der Waals surface area (Å²) in [5.41, 5.74) is -0.732. The predicted octanol–water partition coefficient (Wildman–Crippen LogP) is 3.91. The Morgan fingerprint density at radius 3 is 2.56 bits per heavy atom. The van der Waals surface area contributed by atoms with E-state index in [0.717, 1.165) is 32.2 Å². The molecule has 2 rings (SSSR count). The number of hydrogen-bond donors (Lipinski definition) is 1. The van der Waals surface area contributed by atoms with Gasteiger partial charge in [-0.3, -0.25) is 19.3 Å². The molecule has 2 aliphatic rings. The summed E-state index contributed by atoms with van der Waals surface area (Å²) < 4.78 is 0. The molecular formula is C22H38N2O3. The molecule has 5 heteroatoms. The van der Waals surface area contributed by atoms with Crippen LogP contribution in [0, 0.1) is 22.7 Å². The lowest BCUT2D eigenvalue weighted by atomic mass is 9.62. The quantitative estimate of drug-likeness (QED) is 0.586. The molecule has 1 aliphatic carbocycles. The molecule has 3 amide bonds. The van der Waals surface area contributed by atoms with Gasteiger partial charge in [0, 0.05) is 25.4 Å². The molecule has 0 aromatic heterocycles. The van der Waals surface area contributed by atoms with Crippen molar-refractivity contribution in [3.63, 3.8) is 0 Å². The molecule has 0 aromatic carbocycles. The second-order valence-corrected chi connectivity index (χ2v) is 9.26. The number of carbonyl (C=O) groups is 3. The topological polar surface area (TPSA) is 66.5 Å². The van der Waals surface area contributed by atoms with Crippen molar-refractivity contribution in [2.24, 2.45) is 22.7 Å². The number of likely N-dealkylation sites (tertiary alicyclic amines) is 1. The predicted molar refractivity (Wildman–Crippen MR) is 107 cm³/mol. The first-order valence-corrected chi connectivity index (χ1v) is 10.8. The van der Waals surface area contributed by atoms with Crippen LogP contribution in [0.2, 0.25) is 0 Å². The van der Waals surface area contributed by atoms with Gasteiger partial charge in [0.25, 0.3) is 0 Å². The van der Waals surface area contributed by atoms with Crippen LogP contribution >= 0.6 is 0 Å². The SMILES string of the molecule is CCCCC(CC)CNC(=O)CCCN1C(=O)C2CCC(C)(C1=O)C2(C)C. The summed E-state index contributed by atoms with van der Waals surface area (Å²) in [6, 6.07) is 0.